The van der Waals surface area contributed by atoms with Crippen LogP contribution in [0.2, 0.25) is 0 Å². The van der Waals surface area contributed by atoms with Gasteiger partial charge in [0.05, 0.1) is 17.2 Å². The molecule has 31 heavy (non-hydrogen) atoms. The summed E-state index contributed by atoms with van der Waals surface area (Å²) in [5.41, 5.74) is 1.13. The van der Waals surface area contributed by atoms with Crippen molar-refractivity contribution in [2.24, 2.45) is 17.8 Å². The topological polar surface area (TPSA) is 85.8 Å². The summed E-state index contributed by atoms with van der Waals surface area (Å²) in [7, 11) is -3.25. The van der Waals surface area contributed by atoms with E-state index in [1.807, 2.05) is 45.0 Å². The Bertz CT molecular complexity index is 1050. The molecular formula is C23H28N2O5S. The van der Waals surface area contributed by atoms with E-state index in [1.54, 1.807) is 17.0 Å². The minimum absolute atomic E-state index is 0.205. The van der Waals surface area contributed by atoms with Crippen LogP contribution < -0.4 is 4.74 Å². The summed E-state index contributed by atoms with van der Waals surface area (Å²) in [5.74, 6) is 2.24. The summed E-state index contributed by atoms with van der Waals surface area (Å²) < 4.78 is 34.5. The number of hydrogen-bond donors (Lipinski definition) is 0. The Morgan fingerprint density at radius 2 is 1.74 bits per heavy atom. The van der Waals surface area contributed by atoms with Gasteiger partial charge in [-0.25, -0.2) is 13.2 Å². The van der Waals surface area contributed by atoms with E-state index in [4.69, 9.17) is 9.47 Å². The van der Waals surface area contributed by atoms with Gasteiger partial charge in [-0.3, -0.25) is 4.98 Å². The molecule has 0 radical (unpaired) electrons. The number of ether oxygens (including phenoxy) is 2. The van der Waals surface area contributed by atoms with Gasteiger partial charge in [0.1, 0.15) is 11.4 Å². The van der Waals surface area contributed by atoms with Crippen LogP contribution in [0.15, 0.2) is 47.5 Å². The highest BCUT2D eigenvalue weighted by atomic mass is 32.2. The first-order chi connectivity index (χ1) is 14.5. The van der Waals surface area contributed by atoms with E-state index in [9.17, 15) is 13.2 Å². The van der Waals surface area contributed by atoms with Crippen molar-refractivity contribution in [3.8, 4) is 17.0 Å². The van der Waals surface area contributed by atoms with Crippen LogP contribution in [0, 0.1) is 17.8 Å². The van der Waals surface area contributed by atoms with Gasteiger partial charge in [0.15, 0.2) is 9.84 Å². The first-order valence-electron chi connectivity index (χ1n) is 10.4. The maximum atomic E-state index is 12.2. The first-order valence-corrected chi connectivity index (χ1v) is 12.3. The van der Waals surface area contributed by atoms with Crippen molar-refractivity contribution >= 4 is 15.9 Å². The fourth-order valence-electron chi connectivity index (χ4n) is 4.06. The van der Waals surface area contributed by atoms with Crippen molar-refractivity contribution in [3.63, 3.8) is 0 Å². The molecule has 166 valence electrons. The summed E-state index contributed by atoms with van der Waals surface area (Å²) in [4.78, 5) is 18.4. The number of likely N-dealkylation sites (tertiary alicyclic amines) is 1. The standard InChI is InChI=1S/C23H28N2O5S/c1-23(2,3)30-22(26)25-12-18-19(13-25)20(18)14-29-16-7-5-15(6-8-16)21-10-9-17(11-24-21)31(4,27)28/h5-11,18-20H,12-14H2,1-4H3/t18-,19?,20?/m0/s1. The summed E-state index contributed by atoms with van der Waals surface area (Å²) in [6.45, 7) is 7.75. The average Bonchev–Trinajstić information content (AvgIpc) is 3.13. The van der Waals surface area contributed by atoms with Crippen molar-refractivity contribution < 1.29 is 22.7 Å². The molecule has 3 atom stereocenters. The number of nitrogens with zero attached hydrogens (tertiary/aromatic N) is 2. The minimum Gasteiger partial charge on any atom is -0.493 e. The lowest BCUT2D eigenvalue weighted by molar-refractivity contribution is 0.0261. The lowest BCUT2D eigenvalue weighted by Gasteiger charge is -2.25. The molecule has 0 spiro atoms. The number of fused-ring (bicyclic) bond motifs is 1. The Morgan fingerprint density at radius 3 is 2.26 bits per heavy atom. The second-order valence-corrected chi connectivity index (χ2v) is 11.4. The second-order valence-electron chi connectivity index (χ2n) is 9.36. The maximum Gasteiger partial charge on any atom is 0.410 e. The monoisotopic (exact) mass is 444 g/mol. The van der Waals surface area contributed by atoms with Crippen molar-refractivity contribution in [1.82, 2.24) is 9.88 Å². The number of sulfone groups is 1. The van der Waals surface area contributed by atoms with Gasteiger partial charge in [-0.1, -0.05) is 0 Å². The molecule has 0 bridgehead atoms. The molecule has 1 aromatic carbocycles. The normalized spacial score (nSPS) is 22.7. The van der Waals surface area contributed by atoms with Crippen LogP contribution in [0.25, 0.3) is 11.3 Å². The lowest BCUT2D eigenvalue weighted by atomic mass is 10.1. The molecule has 1 aliphatic heterocycles. The van der Waals surface area contributed by atoms with Crippen LogP contribution in [-0.2, 0) is 14.6 Å². The van der Waals surface area contributed by atoms with Gasteiger partial charge in [0, 0.05) is 37.0 Å². The number of carbonyl (C=O) groups excluding carboxylic acids is 1. The third kappa shape index (κ3) is 5.01. The van der Waals surface area contributed by atoms with E-state index in [1.165, 1.54) is 12.5 Å². The second kappa shape index (κ2) is 7.82. The molecule has 2 fully saturated rings. The Labute approximate surface area is 183 Å². The summed E-state index contributed by atoms with van der Waals surface area (Å²) in [5, 5.41) is 0. The fourth-order valence-corrected chi connectivity index (χ4v) is 4.62. The van der Waals surface area contributed by atoms with Gasteiger partial charge < -0.3 is 14.4 Å². The van der Waals surface area contributed by atoms with Gasteiger partial charge in [-0.05, 0) is 69.0 Å². The van der Waals surface area contributed by atoms with Gasteiger partial charge in [0.25, 0.3) is 0 Å². The molecule has 2 unspecified atom stereocenters. The average molecular weight is 445 g/mol. The minimum atomic E-state index is -3.25. The van der Waals surface area contributed by atoms with Crippen molar-refractivity contribution in [3.05, 3.63) is 42.6 Å². The van der Waals surface area contributed by atoms with Crippen molar-refractivity contribution in [1.29, 1.82) is 0 Å². The first kappa shape index (κ1) is 21.6. The van der Waals surface area contributed by atoms with Crippen LogP contribution in [0.4, 0.5) is 4.79 Å². The Kier molecular flexibility index (Phi) is 5.45. The number of amides is 1. The molecule has 2 aliphatic rings. The number of carbonyl (C=O) groups is 1. The fraction of sp³-hybridized carbons (Fsp3) is 0.478. The molecule has 2 heterocycles. The van der Waals surface area contributed by atoms with Gasteiger partial charge in [-0.2, -0.15) is 0 Å². The third-order valence-electron chi connectivity index (χ3n) is 5.78. The molecule has 2 aromatic rings. The number of rotatable bonds is 5. The Hall–Kier alpha value is -2.61. The highest BCUT2D eigenvalue weighted by molar-refractivity contribution is 7.90. The number of piperidine rings is 1. The van der Waals surface area contributed by atoms with E-state index < -0.39 is 15.4 Å². The molecular weight excluding hydrogens is 416 g/mol. The highest BCUT2D eigenvalue weighted by Crippen LogP contribution is 2.52. The molecule has 0 N–H and O–H groups in total. The molecule has 1 aromatic heterocycles. The molecule has 7 nitrogen and oxygen atoms in total. The van der Waals surface area contributed by atoms with E-state index in [0.717, 1.165) is 24.4 Å². The van der Waals surface area contributed by atoms with Crippen molar-refractivity contribution in [2.45, 2.75) is 31.3 Å². The molecule has 4 rings (SSSR count). The van der Waals surface area contributed by atoms with Gasteiger partial charge in [-0.15, -0.1) is 0 Å². The van der Waals surface area contributed by atoms with Crippen LogP contribution in [0.5, 0.6) is 5.75 Å². The molecule has 1 saturated carbocycles. The lowest BCUT2D eigenvalue weighted by Crippen LogP contribution is -2.37. The molecule has 1 amide bonds. The van der Waals surface area contributed by atoms with Crippen LogP contribution in [-0.4, -0.2) is 55.9 Å². The van der Waals surface area contributed by atoms with Gasteiger partial charge >= 0.3 is 6.09 Å². The molecule has 8 heteroatoms. The zero-order valence-corrected chi connectivity index (χ0v) is 19.1. The Balaban J connectivity index is 1.27. The molecule has 1 aliphatic carbocycles. The van der Waals surface area contributed by atoms with Crippen LogP contribution in [0.3, 0.4) is 0 Å². The number of aromatic nitrogens is 1. The van der Waals surface area contributed by atoms with E-state index in [0.29, 0.717) is 30.1 Å². The summed E-state index contributed by atoms with van der Waals surface area (Å²) >= 11 is 0. The summed E-state index contributed by atoms with van der Waals surface area (Å²) in [6, 6.07) is 10.9. The van der Waals surface area contributed by atoms with E-state index >= 15 is 0 Å². The highest BCUT2D eigenvalue weighted by Gasteiger charge is 2.57. The largest absolute Gasteiger partial charge is 0.493 e. The van der Waals surface area contributed by atoms with Crippen LogP contribution in [0.1, 0.15) is 20.8 Å². The smallest absolute Gasteiger partial charge is 0.410 e. The van der Waals surface area contributed by atoms with Crippen molar-refractivity contribution in [2.75, 3.05) is 26.0 Å². The maximum absolute atomic E-state index is 12.2. The van der Waals surface area contributed by atoms with Gasteiger partial charge in [0.2, 0.25) is 0 Å². The SMILES string of the molecule is CC(C)(C)OC(=O)N1CC2C(COc3ccc(-c4ccc(S(C)(=O)=O)cn4)cc3)[C@H]2C1. The zero-order valence-electron chi connectivity index (χ0n) is 18.2. The number of benzene rings is 1. The molecule has 1 saturated heterocycles. The number of hydrogen-bond acceptors (Lipinski definition) is 6. The van der Waals surface area contributed by atoms with Crippen LogP contribution >= 0.6 is 0 Å². The Morgan fingerprint density at radius 1 is 1.10 bits per heavy atom. The zero-order chi connectivity index (χ0) is 22.4. The number of pyridine rings is 1. The predicted octanol–water partition coefficient (Wildman–Crippen LogP) is 3.64. The predicted molar refractivity (Wildman–Crippen MR) is 117 cm³/mol. The van der Waals surface area contributed by atoms with E-state index in [2.05, 4.69) is 4.98 Å². The quantitative estimate of drug-likeness (QED) is 0.700. The summed E-state index contributed by atoms with van der Waals surface area (Å²) in [6.07, 6.45) is 2.31. The van der Waals surface area contributed by atoms with E-state index in [-0.39, 0.29) is 11.0 Å². The third-order valence-corrected chi connectivity index (χ3v) is 6.88.